The number of nitrogens with one attached hydrogen (secondary N) is 2. The second kappa shape index (κ2) is 7.46. The molecule has 16 heavy (non-hydrogen) atoms. The Morgan fingerprint density at radius 1 is 1.56 bits per heavy atom. The van der Waals surface area contributed by atoms with Crippen molar-refractivity contribution in [3.8, 4) is 0 Å². The Morgan fingerprint density at radius 2 is 2.25 bits per heavy atom. The summed E-state index contributed by atoms with van der Waals surface area (Å²) in [5.74, 6) is 0.139. The van der Waals surface area contributed by atoms with Gasteiger partial charge in [-0.05, 0) is 12.3 Å². The minimum Gasteiger partial charge on any atom is -0.465 e. The monoisotopic (exact) mass is 250 g/mol. The Morgan fingerprint density at radius 3 is 2.75 bits per heavy atom. The summed E-state index contributed by atoms with van der Waals surface area (Å²) < 4.78 is 5.01. The van der Waals surface area contributed by atoms with Crippen molar-refractivity contribution in [2.24, 2.45) is 5.92 Å². The van der Waals surface area contributed by atoms with Crippen molar-refractivity contribution in [3.05, 3.63) is 0 Å². The first-order chi connectivity index (χ1) is 7.08. The number of ether oxygens (including phenoxy) is 1. The highest BCUT2D eigenvalue weighted by atomic mass is 35.5. The van der Waals surface area contributed by atoms with Crippen molar-refractivity contribution in [1.29, 1.82) is 0 Å². The second-order valence-electron chi connectivity index (χ2n) is 4.12. The summed E-state index contributed by atoms with van der Waals surface area (Å²) in [6, 6.07) is 0. The van der Waals surface area contributed by atoms with E-state index in [1.54, 1.807) is 0 Å². The highest BCUT2D eigenvalue weighted by Crippen LogP contribution is 2.01. The van der Waals surface area contributed by atoms with E-state index in [0.29, 0.717) is 31.9 Å². The predicted molar refractivity (Wildman–Crippen MR) is 62.2 cm³/mol. The molecule has 1 amide bonds. The number of esters is 1. The lowest BCUT2D eigenvalue weighted by Crippen LogP contribution is -2.32. The molecule has 1 fully saturated rings. The van der Waals surface area contributed by atoms with E-state index in [-0.39, 0.29) is 30.4 Å². The van der Waals surface area contributed by atoms with Gasteiger partial charge in [-0.3, -0.25) is 14.9 Å². The quantitative estimate of drug-likeness (QED) is 0.695. The van der Waals surface area contributed by atoms with E-state index in [0.717, 1.165) is 0 Å². The van der Waals surface area contributed by atoms with Gasteiger partial charge in [0.25, 0.3) is 0 Å². The molecular formula is C10H19ClN2O3. The van der Waals surface area contributed by atoms with Crippen molar-refractivity contribution >= 4 is 24.3 Å². The van der Waals surface area contributed by atoms with Crippen LogP contribution < -0.4 is 10.6 Å². The van der Waals surface area contributed by atoms with Crippen molar-refractivity contribution in [2.45, 2.75) is 32.9 Å². The molecule has 5 nitrogen and oxygen atoms in total. The zero-order valence-corrected chi connectivity index (χ0v) is 10.4. The zero-order valence-electron chi connectivity index (χ0n) is 9.62. The third-order valence-electron chi connectivity index (χ3n) is 2.06. The summed E-state index contributed by atoms with van der Waals surface area (Å²) in [4.78, 5) is 22.0. The van der Waals surface area contributed by atoms with Crippen LogP contribution in [0.2, 0.25) is 0 Å². The van der Waals surface area contributed by atoms with E-state index in [2.05, 4.69) is 10.6 Å². The highest BCUT2D eigenvalue weighted by Gasteiger charge is 2.20. The van der Waals surface area contributed by atoms with Gasteiger partial charge in [0, 0.05) is 6.42 Å². The molecule has 1 rings (SSSR count). The first-order valence-electron chi connectivity index (χ1n) is 5.26. The van der Waals surface area contributed by atoms with Crippen LogP contribution in [0.25, 0.3) is 0 Å². The molecule has 0 bridgehead atoms. The Balaban J connectivity index is 0.00000225. The number of hydrogen-bond acceptors (Lipinski definition) is 4. The second-order valence-corrected chi connectivity index (χ2v) is 4.12. The summed E-state index contributed by atoms with van der Waals surface area (Å²) in [6.07, 6.45) is 0.844. The first-order valence-corrected chi connectivity index (χ1v) is 5.26. The fourth-order valence-corrected chi connectivity index (χ4v) is 1.28. The van der Waals surface area contributed by atoms with Gasteiger partial charge in [-0.25, -0.2) is 0 Å². The topological polar surface area (TPSA) is 67.4 Å². The summed E-state index contributed by atoms with van der Waals surface area (Å²) in [6.45, 7) is 4.78. The number of amides is 1. The molecule has 0 aromatic heterocycles. The lowest BCUT2D eigenvalue weighted by atomic mass is 10.2. The third-order valence-corrected chi connectivity index (χ3v) is 2.06. The summed E-state index contributed by atoms with van der Waals surface area (Å²) in [5, 5.41) is 5.67. The van der Waals surface area contributed by atoms with E-state index >= 15 is 0 Å². The molecule has 0 radical (unpaired) electrons. The van der Waals surface area contributed by atoms with Crippen molar-refractivity contribution in [3.63, 3.8) is 0 Å². The SMILES string of the molecule is CC(C)COC(=O)CCC1NCC(=O)N1.Cl. The fraction of sp³-hybridized carbons (Fsp3) is 0.800. The molecule has 1 aliphatic rings. The van der Waals surface area contributed by atoms with Gasteiger partial charge >= 0.3 is 5.97 Å². The Kier molecular flexibility index (Phi) is 7.08. The molecule has 0 saturated carbocycles. The Bertz CT molecular complexity index is 246. The number of halogens is 1. The largest absolute Gasteiger partial charge is 0.465 e. The fourth-order valence-electron chi connectivity index (χ4n) is 1.28. The minimum absolute atomic E-state index is 0. The van der Waals surface area contributed by atoms with Crippen LogP contribution in [-0.2, 0) is 14.3 Å². The number of carbonyl (C=O) groups is 2. The van der Waals surface area contributed by atoms with Gasteiger partial charge in [0.2, 0.25) is 5.91 Å². The van der Waals surface area contributed by atoms with Gasteiger partial charge in [-0.15, -0.1) is 12.4 Å². The van der Waals surface area contributed by atoms with Crippen molar-refractivity contribution in [2.75, 3.05) is 13.2 Å². The maximum absolute atomic E-state index is 11.2. The Hall–Kier alpha value is -0.810. The number of rotatable bonds is 5. The average molecular weight is 251 g/mol. The van der Waals surface area contributed by atoms with Crippen LogP contribution in [0.4, 0.5) is 0 Å². The molecule has 94 valence electrons. The standard InChI is InChI=1S/C10H18N2O3.ClH/c1-7(2)6-15-10(14)4-3-8-11-5-9(13)12-8;/h7-8,11H,3-6H2,1-2H3,(H,12,13);1H. The summed E-state index contributed by atoms with van der Waals surface area (Å²) in [5.41, 5.74) is 0. The molecule has 1 aliphatic heterocycles. The number of hydrogen-bond donors (Lipinski definition) is 2. The maximum atomic E-state index is 11.2. The molecule has 1 atom stereocenters. The van der Waals surface area contributed by atoms with E-state index in [1.165, 1.54) is 0 Å². The lowest BCUT2D eigenvalue weighted by molar-refractivity contribution is -0.145. The number of carbonyl (C=O) groups excluding carboxylic acids is 2. The molecule has 1 unspecified atom stereocenters. The van der Waals surface area contributed by atoms with Gasteiger partial charge in [-0.2, -0.15) is 0 Å². The van der Waals surface area contributed by atoms with Crippen LogP contribution in [0.15, 0.2) is 0 Å². The van der Waals surface area contributed by atoms with E-state index in [4.69, 9.17) is 4.74 Å². The molecular weight excluding hydrogens is 232 g/mol. The van der Waals surface area contributed by atoms with E-state index in [1.807, 2.05) is 13.8 Å². The molecule has 6 heteroatoms. The normalized spacial score (nSPS) is 19.2. The third kappa shape index (κ3) is 5.92. The molecule has 0 aromatic rings. The smallest absolute Gasteiger partial charge is 0.305 e. The minimum atomic E-state index is -0.202. The predicted octanol–water partition coefficient (Wildman–Crippen LogP) is 0.433. The molecule has 0 aromatic carbocycles. The van der Waals surface area contributed by atoms with Crippen LogP contribution in [0.5, 0.6) is 0 Å². The molecule has 1 saturated heterocycles. The summed E-state index contributed by atoms with van der Waals surface area (Å²) in [7, 11) is 0. The highest BCUT2D eigenvalue weighted by molar-refractivity contribution is 5.85. The van der Waals surface area contributed by atoms with Gasteiger partial charge in [0.05, 0.1) is 19.3 Å². The van der Waals surface area contributed by atoms with Crippen LogP contribution in [-0.4, -0.2) is 31.2 Å². The maximum Gasteiger partial charge on any atom is 0.305 e. The molecule has 2 N–H and O–H groups in total. The van der Waals surface area contributed by atoms with E-state index < -0.39 is 0 Å². The lowest BCUT2D eigenvalue weighted by Gasteiger charge is -2.10. The summed E-state index contributed by atoms with van der Waals surface area (Å²) >= 11 is 0. The molecule has 0 spiro atoms. The molecule has 0 aliphatic carbocycles. The average Bonchev–Trinajstić information content (AvgIpc) is 2.58. The van der Waals surface area contributed by atoms with Gasteiger partial charge in [-0.1, -0.05) is 13.8 Å². The van der Waals surface area contributed by atoms with Crippen molar-refractivity contribution in [1.82, 2.24) is 10.6 Å². The van der Waals surface area contributed by atoms with Gasteiger partial charge in [0.1, 0.15) is 0 Å². The zero-order chi connectivity index (χ0) is 11.3. The van der Waals surface area contributed by atoms with Crippen LogP contribution in [0, 0.1) is 5.92 Å². The Labute approximate surface area is 102 Å². The van der Waals surface area contributed by atoms with Crippen molar-refractivity contribution < 1.29 is 14.3 Å². The van der Waals surface area contributed by atoms with Gasteiger partial charge in [0.15, 0.2) is 0 Å². The van der Waals surface area contributed by atoms with E-state index in [9.17, 15) is 9.59 Å². The van der Waals surface area contributed by atoms with Gasteiger partial charge < -0.3 is 10.1 Å². The first kappa shape index (κ1) is 15.2. The van der Waals surface area contributed by atoms with Crippen LogP contribution >= 0.6 is 12.4 Å². The molecule has 1 heterocycles. The van der Waals surface area contributed by atoms with Crippen LogP contribution in [0.1, 0.15) is 26.7 Å². The van der Waals surface area contributed by atoms with Crippen LogP contribution in [0.3, 0.4) is 0 Å².